The van der Waals surface area contributed by atoms with Crippen molar-refractivity contribution in [1.29, 1.82) is 0 Å². The minimum absolute atomic E-state index is 0.279. The summed E-state index contributed by atoms with van der Waals surface area (Å²) in [6, 6.07) is 0. The van der Waals surface area contributed by atoms with Crippen molar-refractivity contribution in [3.63, 3.8) is 0 Å². The van der Waals surface area contributed by atoms with E-state index in [2.05, 4.69) is 19.9 Å². The first-order valence-corrected chi connectivity index (χ1v) is 5.18. The summed E-state index contributed by atoms with van der Waals surface area (Å²) in [6.45, 7) is 0. The molecule has 0 saturated heterocycles. The lowest BCUT2D eigenvalue weighted by Gasteiger charge is -1.99. The highest BCUT2D eigenvalue weighted by molar-refractivity contribution is 5.10. The zero-order valence-electron chi connectivity index (χ0n) is 9.20. The molecule has 8 heteroatoms. The van der Waals surface area contributed by atoms with E-state index >= 15 is 0 Å². The van der Waals surface area contributed by atoms with Gasteiger partial charge in [0.15, 0.2) is 0 Å². The lowest BCUT2D eigenvalue weighted by molar-refractivity contribution is 0.864. The van der Waals surface area contributed by atoms with Crippen LogP contribution >= 0.6 is 0 Å². The SMILES string of the molecule is O=c1[nH]cc(CCc2c[nH]c(=O)[nH]c2=O)c(=O)[nH]1. The lowest BCUT2D eigenvalue weighted by Crippen LogP contribution is -2.27. The first-order valence-electron chi connectivity index (χ1n) is 5.18. The smallest absolute Gasteiger partial charge is 0.314 e. The van der Waals surface area contributed by atoms with Crippen molar-refractivity contribution in [3.05, 3.63) is 65.2 Å². The Morgan fingerprint density at radius 2 is 1.11 bits per heavy atom. The van der Waals surface area contributed by atoms with Crippen LogP contribution in [0.1, 0.15) is 11.1 Å². The molecular formula is C10H10N4O4. The average Bonchev–Trinajstić information content (AvgIpc) is 2.30. The number of aromatic amines is 4. The Morgan fingerprint density at radius 3 is 1.44 bits per heavy atom. The minimum Gasteiger partial charge on any atom is -0.314 e. The molecule has 8 nitrogen and oxygen atoms in total. The molecule has 0 spiro atoms. The van der Waals surface area contributed by atoms with E-state index in [1.807, 2.05) is 0 Å². The van der Waals surface area contributed by atoms with Crippen LogP contribution in [-0.4, -0.2) is 19.9 Å². The molecule has 0 saturated carbocycles. The molecule has 0 unspecified atom stereocenters. The first-order chi connectivity index (χ1) is 8.56. The maximum atomic E-state index is 11.4. The van der Waals surface area contributed by atoms with Crippen molar-refractivity contribution in [2.75, 3.05) is 0 Å². The molecule has 0 amide bonds. The first kappa shape index (κ1) is 11.8. The fourth-order valence-electron chi connectivity index (χ4n) is 1.52. The number of H-pyrrole nitrogens is 4. The van der Waals surface area contributed by atoms with Crippen molar-refractivity contribution in [1.82, 2.24) is 19.9 Å². The molecule has 0 fully saturated rings. The van der Waals surface area contributed by atoms with Crippen LogP contribution in [0.3, 0.4) is 0 Å². The van der Waals surface area contributed by atoms with Crippen LogP contribution < -0.4 is 22.5 Å². The molecule has 0 aromatic carbocycles. The zero-order valence-corrected chi connectivity index (χ0v) is 9.20. The molecule has 2 heterocycles. The minimum atomic E-state index is -0.578. The van der Waals surface area contributed by atoms with Crippen LogP contribution in [0.5, 0.6) is 0 Å². The number of rotatable bonds is 3. The summed E-state index contributed by atoms with van der Waals surface area (Å²) in [5, 5.41) is 0. The van der Waals surface area contributed by atoms with Gasteiger partial charge < -0.3 is 9.97 Å². The Hall–Kier alpha value is -2.64. The van der Waals surface area contributed by atoms with Gasteiger partial charge in [0.05, 0.1) is 0 Å². The maximum absolute atomic E-state index is 11.4. The molecule has 0 aliphatic carbocycles. The van der Waals surface area contributed by atoms with Crippen molar-refractivity contribution in [2.24, 2.45) is 0 Å². The highest BCUT2D eigenvalue weighted by Crippen LogP contribution is 1.95. The molecule has 4 N–H and O–H groups in total. The van der Waals surface area contributed by atoms with Gasteiger partial charge >= 0.3 is 11.4 Å². The standard InChI is InChI=1S/C10H10N4O4/c15-7-5(3-11-9(17)13-7)1-2-6-4-12-10(18)14-8(6)16/h3-4H,1-2H2,(H2,11,13,15,17)(H2,12,14,16,18). The summed E-state index contributed by atoms with van der Waals surface area (Å²) >= 11 is 0. The van der Waals surface area contributed by atoms with Crippen molar-refractivity contribution in [3.8, 4) is 0 Å². The van der Waals surface area contributed by atoms with E-state index in [-0.39, 0.29) is 12.8 Å². The Kier molecular flexibility index (Phi) is 3.09. The Morgan fingerprint density at radius 1 is 0.722 bits per heavy atom. The van der Waals surface area contributed by atoms with Gasteiger partial charge in [-0.05, 0) is 12.8 Å². The van der Waals surface area contributed by atoms with Crippen LogP contribution in [0.25, 0.3) is 0 Å². The van der Waals surface area contributed by atoms with E-state index in [0.717, 1.165) is 0 Å². The van der Waals surface area contributed by atoms with Crippen LogP contribution in [0.4, 0.5) is 0 Å². The molecule has 2 aromatic rings. The Labute approximate surface area is 98.7 Å². The van der Waals surface area contributed by atoms with Crippen molar-refractivity contribution in [2.45, 2.75) is 12.8 Å². The highest BCUT2D eigenvalue weighted by Gasteiger charge is 2.04. The van der Waals surface area contributed by atoms with Gasteiger partial charge in [0, 0.05) is 23.5 Å². The summed E-state index contributed by atoms with van der Waals surface area (Å²) in [5.41, 5.74) is -1.41. The van der Waals surface area contributed by atoms with Crippen LogP contribution in [0, 0.1) is 0 Å². The molecule has 0 bridgehead atoms. The average molecular weight is 250 g/mol. The third-order valence-corrected chi connectivity index (χ3v) is 2.46. The van der Waals surface area contributed by atoms with E-state index in [4.69, 9.17) is 0 Å². The monoisotopic (exact) mass is 250 g/mol. The highest BCUT2D eigenvalue weighted by atomic mass is 16.2. The molecular weight excluding hydrogens is 240 g/mol. The summed E-state index contributed by atoms with van der Waals surface area (Å²) < 4.78 is 0. The number of nitrogens with one attached hydrogen (secondary N) is 4. The van der Waals surface area contributed by atoms with Crippen molar-refractivity contribution >= 4 is 0 Å². The van der Waals surface area contributed by atoms with Gasteiger partial charge in [0.25, 0.3) is 11.1 Å². The topological polar surface area (TPSA) is 131 Å². The zero-order chi connectivity index (χ0) is 13.1. The molecule has 2 rings (SSSR count). The second-order valence-electron chi connectivity index (χ2n) is 3.69. The van der Waals surface area contributed by atoms with E-state index in [9.17, 15) is 19.2 Å². The Balaban J connectivity index is 2.21. The van der Waals surface area contributed by atoms with Crippen LogP contribution in [0.15, 0.2) is 31.6 Å². The predicted octanol–water partition coefficient (Wildman–Crippen LogP) is -1.77. The summed E-state index contributed by atoms with van der Waals surface area (Å²) in [5.74, 6) is 0. The number of aryl methyl sites for hydroxylation is 2. The van der Waals surface area contributed by atoms with Gasteiger partial charge in [-0.15, -0.1) is 0 Å². The summed E-state index contributed by atoms with van der Waals surface area (Å²) in [7, 11) is 0. The second kappa shape index (κ2) is 4.70. The van der Waals surface area contributed by atoms with E-state index in [1.54, 1.807) is 0 Å². The fourth-order valence-corrected chi connectivity index (χ4v) is 1.52. The third-order valence-electron chi connectivity index (χ3n) is 2.46. The quantitative estimate of drug-likeness (QED) is 0.513. The molecule has 0 aliphatic rings. The fraction of sp³-hybridized carbons (Fsp3) is 0.200. The molecule has 2 aromatic heterocycles. The number of hydrogen-bond acceptors (Lipinski definition) is 4. The number of hydrogen-bond donors (Lipinski definition) is 4. The van der Waals surface area contributed by atoms with Crippen LogP contribution in [-0.2, 0) is 12.8 Å². The van der Waals surface area contributed by atoms with Gasteiger partial charge in [-0.1, -0.05) is 0 Å². The summed E-state index contributed by atoms with van der Waals surface area (Å²) in [4.78, 5) is 53.2. The number of aromatic nitrogens is 4. The van der Waals surface area contributed by atoms with E-state index in [0.29, 0.717) is 11.1 Å². The molecule has 0 radical (unpaired) electrons. The van der Waals surface area contributed by atoms with E-state index < -0.39 is 22.5 Å². The molecule has 18 heavy (non-hydrogen) atoms. The van der Waals surface area contributed by atoms with Gasteiger partial charge in [-0.2, -0.15) is 0 Å². The third kappa shape index (κ3) is 2.54. The second-order valence-corrected chi connectivity index (χ2v) is 3.69. The van der Waals surface area contributed by atoms with Gasteiger partial charge in [-0.25, -0.2) is 9.59 Å². The molecule has 0 atom stereocenters. The lowest BCUT2D eigenvalue weighted by atomic mass is 10.1. The van der Waals surface area contributed by atoms with E-state index in [1.165, 1.54) is 12.4 Å². The predicted molar refractivity (Wildman–Crippen MR) is 62.8 cm³/mol. The van der Waals surface area contributed by atoms with Crippen molar-refractivity contribution < 1.29 is 0 Å². The van der Waals surface area contributed by atoms with Crippen LogP contribution in [0.2, 0.25) is 0 Å². The largest absolute Gasteiger partial charge is 0.325 e. The molecule has 94 valence electrons. The Bertz CT molecular complexity index is 712. The maximum Gasteiger partial charge on any atom is 0.325 e. The normalized spacial score (nSPS) is 10.4. The van der Waals surface area contributed by atoms with Gasteiger partial charge in [-0.3, -0.25) is 19.6 Å². The van der Waals surface area contributed by atoms with Gasteiger partial charge in [0.2, 0.25) is 0 Å². The van der Waals surface area contributed by atoms with Gasteiger partial charge in [0.1, 0.15) is 0 Å². The molecule has 0 aliphatic heterocycles. The summed E-state index contributed by atoms with van der Waals surface area (Å²) in [6.07, 6.45) is 3.17.